The molecular weight excluding hydrogens is 347 g/mol. The topological polar surface area (TPSA) is 137 Å². The zero-order valence-corrected chi connectivity index (χ0v) is 13.6. The fourth-order valence-corrected chi connectivity index (χ4v) is 1.91. The number of hydrogen-bond donors (Lipinski definition) is 3. The van der Waals surface area contributed by atoms with Gasteiger partial charge in [-0.1, -0.05) is 0 Å². The molecule has 10 heteroatoms. The molecule has 0 saturated carbocycles. The van der Waals surface area contributed by atoms with Gasteiger partial charge < -0.3 is 10.5 Å². The van der Waals surface area contributed by atoms with Gasteiger partial charge in [0.25, 0.3) is 17.5 Å². The second-order valence-corrected chi connectivity index (χ2v) is 5.19. The van der Waals surface area contributed by atoms with Crippen molar-refractivity contribution < 1.29 is 23.6 Å². The molecule has 1 atom stereocenters. The van der Waals surface area contributed by atoms with Gasteiger partial charge in [0.1, 0.15) is 17.3 Å². The van der Waals surface area contributed by atoms with Crippen molar-refractivity contribution in [3.63, 3.8) is 0 Å². The Hall–Kier alpha value is -3.69. The summed E-state index contributed by atoms with van der Waals surface area (Å²) in [6.45, 7) is 1.43. The number of ether oxygens (including phenoxy) is 1. The molecule has 26 heavy (non-hydrogen) atoms. The van der Waals surface area contributed by atoms with E-state index in [2.05, 4.69) is 10.9 Å². The standard InChI is InChI=1S/C16H15FN4O5/c1-9(26-12-5-3-11(17)4-6-12)15(22)19-20-16(23)10-2-7-13(18)14(8-10)21(24)25/h2-9H,18H2,1H3,(H,19,22)(H,20,23). The van der Waals surface area contributed by atoms with Crippen LogP contribution in [-0.2, 0) is 4.79 Å². The van der Waals surface area contributed by atoms with Crippen molar-refractivity contribution in [3.05, 3.63) is 64.0 Å². The van der Waals surface area contributed by atoms with Gasteiger partial charge in [-0.2, -0.15) is 0 Å². The minimum absolute atomic E-state index is 0.0571. The molecule has 4 N–H and O–H groups in total. The van der Waals surface area contributed by atoms with Crippen LogP contribution in [0.15, 0.2) is 42.5 Å². The van der Waals surface area contributed by atoms with Gasteiger partial charge in [0.15, 0.2) is 6.10 Å². The fraction of sp³-hybridized carbons (Fsp3) is 0.125. The first kappa shape index (κ1) is 18.6. The zero-order chi connectivity index (χ0) is 19.3. The van der Waals surface area contributed by atoms with Crippen LogP contribution >= 0.6 is 0 Å². The maximum atomic E-state index is 12.8. The van der Waals surface area contributed by atoms with Gasteiger partial charge >= 0.3 is 0 Å². The smallest absolute Gasteiger partial charge is 0.292 e. The Morgan fingerprint density at radius 1 is 1.19 bits per heavy atom. The largest absolute Gasteiger partial charge is 0.481 e. The Morgan fingerprint density at radius 3 is 2.46 bits per heavy atom. The van der Waals surface area contributed by atoms with Crippen LogP contribution in [0.2, 0.25) is 0 Å². The fourth-order valence-electron chi connectivity index (χ4n) is 1.91. The molecule has 2 rings (SSSR count). The Kier molecular flexibility index (Phi) is 5.68. The Morgan fingerprint density at radius 2 is 1.85 bits per heavy atom. The van der Waals surface area contributed by atoms with Crippen molar-refractivity contribution in [1.82, 2.24) is 10.9 Å². The summed E-state index contributed by atoms with van der Waals surface area (Å²) in [6.07, 6.45) is -0.985. The van der Waals surface area contributed by atoms with E-state index in [9.17, 15) is 24.1 Å². The van der Waals surface area contributed by atoms with E-state index in [0.29, 0.717) is 0 Å². The predicted octanol–water partition coefficient (Wildman–Crippen LogP) is 1.54. The van der Waals surface area contributed by atoms with E-state index in [4.69, 9.17) is 10.5 Å². The molecule has 0 radical (unpaired) electrons. The van der Waals surface area contributed by atoms with Gasteiger partial charge in [0.2, 0.25) is 0 Å². The van der Waals surface area contributed by atoms with Gasteiger partial charge in [-0.25, -0.2) is 4.39 Å². The highest BCUT2D eigenvalue weighted by atomic mass is 19.1. The molecule has 0 bridgehead atoms. The van der Waals surface area contributed by atoms with Crippen molar-refractivity contribution in [1.29, 1.82) is 0 Å². The second kappa shape index (κ2) is 7.92. The van der Waals surface area contributed by atoms with Gasteiger partial charge in [-0.05, 0) is 43.3 Å². The van der Waals surface area contributed by atoms with Crippen LogP contribution in [0.25, 0.3) is 0 Å². The zero-order valence-electron chi connectivity index (χ0n) is 13.6. The number of nitro groups is 1. The van der Waals surface area contributed by atoms with Crippen molar-refractivity contribution in [3.8, 4) is 5.75 Å². The van der Waals surface area contributed by atoms with Crippen LogP contribution in [0.3, 0.4) is 0 Å². The summed E-state index contributed by atoms with van der Waals surface area (Å²) in [7, 11) is 0. The van der Waals surface area contributed by atoms with Crippen LogP contribution < -0.4 is 21.3 Å². The number of carbonyl (C=O) groups excluding carboxylic acids is 2. The molecule has 0 saturated heterocycles. The van der Waals surface area contributed by atoms with Crippen LogP contribution in [0.4, 0.5) is 15.8 Å². The molecule has 2 aromatic carbocycles. The highest BCUT2D eigenvalue weighted by Crippen LogP contribution is 2.22. The average Bonchev–Trinajstić information content (AvgIpc) is 2.61. The van der Waals surface area contributed by atoms with Gasteiger partial charge in [-0.3, -0.25) is 30.6 Å². The summed E-state index contributed by atoms with van der Waals surface area (Å²) in [5.41, 5.74) is 9.14. The maximum Gasteiger partial charge on any atom is 0.292 e. The number of amides is 2. The van der Waals surface area contributed by atoms with Crippen molar-refractivity contribution in [2.45, 2.75) is 13.0 Å². The molecule has 0 heterocycles. The summed E-state index contributed by atoms with van der Waals surface area (Å²) in [4.78, 5) is 34.0. The quantitative estimate of drug-likeness (QED) is 0.419. The van der Waals surface area contributed by atoms with Crippen LogP contribution in [0.1, 0.15) is 17.3 Å². The number of nitrogens with two attached hydrogens (primary N) is 1. The number of carbonyl (C=O) groups is 2. The summed E-state index contributed by atoms with van der Waals surface area (Å²) in [6, 6.07) is 8.55. The molecule has 0 spiro atoms. The summed E-state index contributed by atoms with van der Waals surface area (Å²) < 4.78 is 18.1. The van der Waals surface area contributed by atoms with Crippen LogP contribution in [0.5, 0.6) is 5.75 Å². The number of nitrogens with one attached hydrogen (secondary N) is 2. The predicted molar refractivity (Wildman–Crippen MR) is 89.6 cm³/mol. The van der Waals surface area contributed by atoms with Crippen LogP contribution in [-0.4, -0.2) is 22.8 Å². The average molecular weight is 362 g/mol. The van der Waals surface area contributed by atoms with E-state index in [-0.39, 0.29) is 17.0 Å². The molecule has 0 aliphatic rings. The Labute approximate surface area is 147 Å². The highest BCUT2D eigenvalue weighted by molar-refractivity contribution is 5.97. The number of halogens is 1. The van der Waals surface area contributed by atoms with E-state index in [1.54, 1.807) is 0 Å². The molecule has 136 valence electrons. The third kappa shape index (κ3) is 4.66. The number of anilines is 1. The number of nitrogens with zero attached hydrogens (tertiary/aromatic N) is 1. The highest BCUT2D eigenvalue weighted by Gasteiger charge is 2.18. The van der Waals surface area contributed by atoms with Crippen molar-refractivity contribution in [2.75, 3.05) is 5.73 Å². The number of benzene rings is 2. The first-order chi connectivity index (χ1) is 12.3. The summed E-state index contributed by atoms with van der Waals surface area (Å²) in [5, 5.41) is 10.8. The molecule has 1 unspecified atom stereocenters. The lowest BCUT2D eigenvalue weighted by atomic mass is 10.1. The van der Waals surface area contributed by atoms with Gasteiger partial charge in [0.05, 0.1) is 4.92 Å². The number of nitro benzene ring substituents is 1. The van der Waals surface area contributed by atoms with Gasteiger partial charge in [0, 0.05) is 11.6 Å². The molecule has 9 nitrogen and oxygen atoms in total. The van der Waals surface area contributed by atoms with E-state index < -0.39 is 34.3 Å². The normalized spacial score (nSPS) is 11.3. The third-order valence-electron chi connectivity index (χ3n) is 3.28. The lowest BCUT2D eigenvalue weighted by molar-refractivity contribution is -0.383. The lowest BCUT2D eigenvalue weighted by Crippen LogP contribution is -2.47. The minimum Gasteiger partial charge on any atom is -0.481 e. The lowest BCUT2D eigenvalue weighted by Gasteiger charge is -2.15. The molecule has 0 fully saturated rings. The monoisotopic (exact) mass is 362 g/mol. The maximum absolute atomic E-state index is 12.8. The van der Waals surface area contributed by atoms with E-state index in [1.807, 2.05) is 0 Å². The molecule has 0 aromatic heterocycles. The summed E-state index contributed by atoms with van der Waals surface area (Å²) >= 11 is 0. The molecular formula is C16H15FN4O5. The first-order valence-corrected chi connectivity index (χ1v) is 7.34. The van der Waals surface area contributed by atoms with Gasteiger partial charge in [-0.15, -0.1) is 0 Å². The van der Waals surface area contributed by atoms with Crippen molar-refractivity contribution >= 4 is 23.2 Å². The minimum atomic E-state index is -0.985. The summed E-state index contributed by atoms with van der Waals surface area (Å²) in [5.74, 6) is -1.61. The van der Waals surface area contributed by atoms with Crippen LogP contribution in [0, 0.1) is 15.9 Å². The molecule has 2 aromatic rings. The number of nitrogen functional groups attached to an aromatic ring is 1. The Balaban J connectivity index is 1.93. The number of rotatable bonds is 5. The second-order valence-electron chi connectivity index (χ2n) is 5.19. The van der Waals surface area contributed by atoms with E-state index in [0.717, 1.165) is 6.07 Å². The SMILES string of the molecule is CC(Oc1ccc(F)cc1)C(=O)NNC(=O)c1ccc(N)c([N+](=O)[O-])c1. The van der Waals surface area contributed by atoms with E-state index in [1.165, 1.54) is 43.3 Å². The molecule has 0 aliphatic heterocycles. The number of hydrazine groups is 1. The Bertz CT molecular complexity index is 841. The first-order valence-electron chi connectivity index (χ1n) is 7.34. The molecule has 0 aliphatic carbocycles. The third-order valence-corrected chi connectivity index (χ3v) is 3.28. The molecule has 2 amide bonds. The van der Waals surface area contributed by atoms with Crippen molar-refractivity contribution in [2.24, 2.45) is 0 Å². The van der Waals surface area contributed by atoms with E-state index >= 15 is 0 Å². The number of hydrogen-bond acceptors (Lipinski definition) is 6.